The molecule has 0 amide bonds. The molecule has 6 nitrogen and oxygen atoms in total. The normalized spacial score (nSPS) is 26.7. The van der Waals surface area contributed by atoms with Gasteiger partial charge >= 0.3 is 5.97 Å². The van der Waals surface area contributed by atoms with Crippen LogP contribution in [0.4, 0.5) is 0 Å². The molecule has 2 heterocycles. The monoisotopic (exact) mass is 355 g/mol. The van der Waals surface area contributed by atoms with E-state index in [2.05, 4.69) is 29.0 Å². The van der Waals surface area contributed by atoms with Crippen molar-refractivity contribution in [2.75, 3.05) is 6.61 Å². The Morgan fingerprint density at radius 1 is 1.35 bits per heavy atom. The van der Waals surface area contributed by atoms with Crippen LogP contribution in [0.3, 0.4) is 0 Å². The number of esters is 1. The molecule has 2 fully saturated rings. The van der Waals surface area contributed by atoms with Crippen LogP contribution in [0.2, 0.25) is 0 Å². The summed E-state index contributed by atoms with van der Waals surface area (Å²) >= 11 is 0. The molecule has 6 heteroatoms. The molecule has 4 rings (SSSR count). The van der Waals surface area contributed by atoms with Gasteiger partial charge in [-0.2, -0.15) is 5.10 Å². The lowest BCUT2D eigenvalue weighted by atomic mass is 9.57. The second-order valence-electron chi connectivity index (χ2n) is 7.78. The number of ether oxygens (including phenoxy) is 2. The quantitative estimate of drug-likeness (QED) is 0.851. The van der Waals surface area contributed by atoms with E-state index in [0.29, 0.717) is 17.3 Å². The summed E-state index contributed by atoms with van der Waals surface area (Å²) in [6, 6.07) is 7.27. The predicted molar refractivity (Wildman–Crippen MR) is 96.6 cm³/mol. The highest BCUT2D eigenvalue weighted by Gasteiger charge is 2.60. The van der Waals surface area contributed by atoms with Crippen LogP contribution in [0.25, 0.3) is 11.4 Å². The van der Waals surface area contributed by atoms with Gasteiger partial charge in [0.1, 0.15) is 11.9 Å². The Balaban J connectivity index is 1.45. The zero-order valence-corrected chi connectivity index (χ0v) is 15.5. The third-order valence-electron chi connectivity index (χ3n) is 5.70. The van der Waals surface area contributed by atoms with Crippen LogP contribution in [0.15, 0.2) is 24.3 Å². The number of nitrogens with zero attached hydrogens (tertiary/aromatic N) is 2. The topological polar surface area (TPSA) is 77.1 Å². The van der Waals surface area contributed by atoms with Crippen LogP contribution in [-0.2, 0) is 15.9 Å². The van der Waals surface area contributed by atoms with E-state index in [1.54, 1.807) is 12.1 Å². The van der Waals surface area contributed by atoms with Crippen LogP contribution in [0.5, 0.6) is 0 Å². The molecular weight excluding hydrogens is 330 g/mol. The molecule has 2 aliphatic rings. The number of fused-ring (bicyclic) bond motifs is 1. The highest BCUT2D eigenvalue weighted by molar-refractivity contribution is 5.90. The molecule has 1 aromatic heterocycles. The summed E-state index contributed by atoms with van der Waals surface area (Å²) in [7, 11) is 0. The molecule has 1 aliphatic carbocycles. The fourth-order valence-corrected chi connectivity index (χ4v) is 4.24. The van der Waals surface area contributed by atoms with E-state index >= 15 is 0 Å². The first kappa shape index (κ1) is 17.2. The predicted octanol–water partition coefficient (Wildman–Crippen LogP) is 3.39. The van der Waals surface area contributed by atoms with Crippen molar-refractivity contribution in [2.24, 2.45) is 11.3 Å². The number of carbonyl (C=O) groups is 1. The van der Waals surface area contributed by atoms with Gasteiger partial charge in [0.2, 0.25) is 0 Å². The van der Waals surface area contributed by atoms with Crippen molar-refractivity contribution >= 4 is 5.97 Å². The highest BCUT2D eigenvalue weighted by Crippen LogP contribution is 2.53. The molecule has 1 saturated heterocycles. The molecule has 26 heavy (non-hydrogen) atoms. The molecule has 2 aromatic rings. The summed E-state index contributed by atoms with van der Waals surface area (Å²) in [6.07, 6.45) is 3.03. The molecule has 0 radical (unpaired) electrons. The Hall–Kier alpha value is -2.21. The fraction of sp³-hybridized carbons (Fsp3) is 0.550. The molecular formula is C20H25N3O3. The Kier molecular flexibility index (Phi) is 4.31. The second kappa shape index (κ2) is 6.50. The van der Waals surface area contributed by atoms with Crippen molar-refractivity contribution in [2.45, 2.75) is 52.2 Å². The standard InChI is InChI=1S/C20H25N3O3/c1-4-15-21-18(23-22-15)12-7-9-13(10-8-12)19(24)26-17-14-6-5-11-25-16(14)20(17,2)3/h7-10,14,16-17H,4-6,11H2,1-3H3,(H,21,22,23). The van der Waals surface area contributed by atoms with Crippen LogP contribution in [-0.4, -0.2) is 40.0 Å². The molecule has 1 saturated carbocycles. The van der Waals surface area contributed by atoms with Gasteiger partial charge in [-0.15, -0.1) is 0 Å². The van der Waals surface area contributed by atoms with Gasteiger partial charge in [0, 0.05) is 29.9 Å². The van der Waals surface area contributed by atoms with Crippen LogP contribution >= 0.6 is 0 Å². The first-order valence-electron chi connectivity index (χ1n) is 9.35. The molecule has 0 spiro atoms. The summed E-state index contributed by atoms with van der Waals surface area (Å²) in [5, 5.41) is 7.10. The molecule has 138 valence electrons. The Morgan fingerprint density at radius 3 is 2.81 bits per heavy atom. The van der Waals surface area contributed by atoms with Gasteiger partial charge in [-0.25, -0.2) is 9.78 Å². The average molecular weight is 355 g/mol. The van der Waals surface area contributed by atoms with Gasteiger partial charge in [0.15, 0.2) is 5.82 Å². The summed E-state index contributed by atoms with van der Waals surface area (Å²) in [6.45, 7) is 7.07. The zero-order chi connectivity index (χ0) is 18.3. The number of aromatic amines is 1. The largest absolute Gasteiger partial charge is 0.458 e. The molecule has 0 bridgehead atoms. The van der Waals surface area contributed by atoms with Crippen LogP contribution in [0.1, 0.15) is 49.8 Å². The maximum Gasteiger partial charge on any atom is 0.338 e. The molecule has 1 aliphatic heterocycles. The van der Waals surface area contributed by atoms with Crippen molar-refractivity contribution < 1.29 is 14.3 Å². The lowest BCUT2D eigenvalue weighted by Gasteiger charge is -2.58. The van der Waals surface area contributed by atoms with Crippen molar-refractivity contribution in [1.29, 1.82) is 0 Å². The van der Waals surface area contributed by atoms with Crippen molar-refractivity contribution in [3.8, 4) is 11.4 Å². The summed E-state index contributed by atoms with van der Waals surface area (Å²) in [4.78, 5) is 17.0. The number of nitrogens with one attached hydrogen (secondary N) is 1. The highest BCUT2D eigenvalue weighted by atomic mass is 16.6. The van der Waals surface area contributed by atoms with Crippen molar-refractivity contribution in [3.63, 3.8) is 0 Å². The maximum absolute atomic E-state index is 12.6. The molecule has 3 atom stereocenters. The van der Waals surface area contributed by atoms with E-state index in [9.17, 15) is 4.79 Å². The van der Waals surface area contributed by atoms with Gasteiger partial charge < -0.3 is 9.47 Å². The average Bonchev–Trinajstić information content (AvgIpc) is 3.15. The zero-order valence-electron chi connectivity index (χ0n) is 15.5. The van der Waals surface area contributed by atoms with Gasteiger partial charge in [0.25, 0.3) is 0 Å². The van der Waals surface area contributed by atoms with E-state index in [1.807, 2.05) is 19.1 Å². The van der Waals surface area contributed by atoms with Crippen LogP contribution < -0.4 is 0 Å². The minimum atomic E-state index is -0.275. The third kappa shape index (κ3) is 2.82. The molecule has 1 N–H and O–H groups in total. The fourth-order valence-electron chi connectivity index (χ4n) is 4.24. The second-order valence-corrected chi connectivity index (χ2v) is 7.78. The number of hydrogen-bond donors (Lipinski definition) is 1. The van der Waals surface area contributed by atoms with E-state index in [4.69, 9.17) is 9.47 Å². The van der Waals surface area contributed by atoms with E-state index in [0.717, 1.165) is 37.3 Å². The Bertz CT molecular complexity index is 797. The van der Waals surface area contributed by atoms with E-state index in [1.165, 1.54) is 0 Å². The number of aryl methyl sites for hydroxylation is 1. The minimum Gasteiger partial charge on any atom is -0.458 e. The Labute approximate surface area is 153 Å². The number of carbonyl (C=O) groups excluding carboxylic acids is 1. The lowest BCUT2D eigenvalue weighted by molar-refractivity contribution is -0.243. The van der Waals surface area contributed by atoms with Gasteiger partial charge in [-0.05, 0) is 25.0 Å². The van der Waals surface area contributed by atoms with Gasteiger partial charge in [0.05, 0.1) is 11.7 Å². The van der Waals surface area contributed by atoms with Crippen LogP contribution in [0, 0.1) is 11.3 Å². The lowest BCUT2D eigenvalue weighted by Crippen LogP contribution is -2.65. The SMILES string of the molecule is CCc1nc(-c2ccc(C(=O)OC3C4CCCOC4C3(C)C)cc2)n[nH]1. The number of hydrogen-bond acceptors (Lipinski definition) is 5. The maximum atomic E-state index is 12.6. The first-order valence-corrected chi connectivity index (χ1v) is 9.35. The van der Waals surface area contributed by atoms with Crippen molar-refractivity contribution in [1.82, 2.24) is 15.2 Å². The van der Waals surface area contributed by atoms with E-state index < -0.39 is 0 Å². The van der Waals surface area contributed by atoms with Gasteiger partial charge in [-0.3, -0.25) is 5.10 Å². The summed E-state index contributed by atoms with van der Waals surface area (Å²) < 4.78 is 11.7. The number of H-pyrrole nitrogens is 1. The number of aromatic nitrogens is 3. The molecule has 1 aromatic carbocycles. The number of benzene rings is 1. The minimum absolute atomic E-state index is 0.0832. The first-order chi connectivity index (χ1) is 12.5. The number of rotatable bonds is 4. The summed E-state index contributed by atoms with van der Waals surface area (Å²) in [5.74, 6) is 1.54. The smallest absolute Gasteiger partial charge is 0.338 e. The van der Waals surface area contributed by atoms with Crippen molar-refractivity contribution in [3.05, 3.63) is 35.7 Å². The Morgan fingerprint density at radius 2 is 2.12 bits per heavy atom. The third-order valence-corrected chi connectivity index (χ3v) is 5.70. The van der Waals surface area contributed by atoms with E-state index in [-0.39, 0.29) is 23.6 Å². The van der Waals surface area contributed by atoms with Gasteiger partial charge in [-0.1, -0.05) is 32.9 Å². The summed E-state index contributed by atoms with van der Waals surface area (Å²) in [5.41, 5.74) is 1.30. The molecule has 3 unspecified atom stereocenters.